The van der Waals surface area contributed by atoms with Gasteiger partial charge in [-0.1, -0.05) is 6.07 Å². The molecule has 0 aliphatic rings. The third-order valence-corrected chi connectivity index (χ3v) is 5.51. The Labute approximate surface area is 188 Å². The summed E-state index contributed by atoms with van der Waals surface area (Å²) in [7, 11) is 0. The molecule has 0 amide bonds. The Morgan fingerprint density at radius 1 is 1.03 bits per heavy atom. The van der Waals surface area contributed by atoms with Crippen molar-refractivity contribution >= 4 is 0 Å². The summed E-state index contributed by atoms with van der Waals surface area (Å²) < 4.78 is 69.8. The van der Waals surface area contributed by atoms with Crippen molar-refractivity contribution in [1.29, 1.82) is 0 Å². The molecule has 2 atom stereocenters. The van der Waals surface area contributed by atoms with Crippen LogP contribution in [0.15, 0.2) is 66.2 Å². The quantitative estimate of drug-likeness (QED) is 0.429. The van der Waals surface area contributed by atoms with Gasteiger partial charge in [0.25, 0.3) is 0 Å². The predicted octanol–water partition coefficient (Wildman–Crippen LogP) is 3.07. The van der Waals surface area contributed by atoms with Crippen molar-refractivity contribution in [1.82, 2.24) is 29.1 Å². The van der Waals surface area contributed by atoms with Gasteiger partial charge in [0, 0.05) is 11.6 Å². The summed E-state index contributed by atoms with van der Waals surface area (Å²) in [6.45, 7) is 1.06. The molecule has 178 valence electrons. The molecule has 2 heterocycles. The maximum Gasteiger partial charge on any atom is 0.416 e. The second-order valence-corrected chi connectivity index (χ2v) is 7.59. The Morgan fingerprint density at radius 3 is 2.32 bits per heavy atom. The largest absolute Gasteiger partial charge is 0.416 e. The van der Waals surface area contributed by atoms with Crippen LogP contribution in [0.5, 0.6) is 0 Å². The standard InChI is InChI=1S/C21H17F5N6O2/c1-13(20(34,9-30-11-27-10-28-30)17-7-4-15(22)8-18(17)23)31-12-29-32(19(31)33)16-5-2-14(3-6-16)21(24,25)26/h2-8,10-13,34H,9H2,1H3/t13-,20-/m1/s1. The van der Waals surface area contributed by atoms with Crippen LogP contribution in [0.3, 0.4) is 0 Å². The Morgan fingerprint density at radius 2 is 1.74 bits per heavy atom. The Bertz CT molecular complexity index is 1350. The van der Waals surface area contributed by atoms with Gasteiger partial charge in [0.1, 0.15) is 36.2 Å². The topological polar surface area (TPSA) is 90.8 Å². The van der Waals surface area contributed by atoms with Crippen LogP contribution in [0.1, 0.15) is 24.1 Å². The molecular formula is C21H17F5N6O2. The van der Waals surface area contributed by atoms with Gasteiger partial charge in [0.15, 0.2) is 0 Å². The van der Waals surface area contributed by atoms with Gasteiger partial charge >= 0.3 is 11.9 Å². The number of hydrogen-bond acceptors (Lipinski definition) is 5. The van der Waals surface area contributed by atoms with E-state index in [2.05, 4.69) is 15.2 Å². The van der Waals surface area contributed by atoms with Crippen LogP contribution in [0.25, 0.3) is 5.69 Å². The average molecular weight is 480 g/mol. The van der Waals surface area contributed by atoms with Gasteiger partial charge < -0.3 is 5.11 Å². The van der Waals surface area contributed by atoms with Gasteiger partial charge in [-0.2, -0.15) is 28.1 Å². The van der Waals surface area contributed by atoms with Gasteiger partial charge in [0.05, 0.1) is 23.8 Å². The number of aliphatic hydroxyl groups is 1. The highest BCUT2D eigenvalue weighted by Gasteiger charge is 2.41. The molecule has 0 fully saturated rings. The molecule has 34 heavy (non-hydrogen) atoms. The second kappa shape index (κ2) is 8.48. The fraction of sp³-hybridized carbons (Fsp3) is 0.238. The minimum absolute atomic E-state index is 0.0525. The van der Waals surface area contributed by atoms with Gasteiger partial charge in [-0.25, -0.2) is 23.2 Å². The Kier molecular flexibility index (Phi) is 5.81. The molecule has 0 aliphatic heterocycles. The highest BCUT2D eigenvalue weighted by molar-refractivity contribution is 5.34. The summed E-state index contributed by atoms with van der Waals surface area (Å²) in [6.07, 6.45) is -1.01. The van der Waals surface area contributed by atoms with E-state index in [1.54, 1.807) is 0 Å². The number of benzene rings is 2. The molecule has 4 rings (SSSR count). The van der Waals surface area contributed by atoms with E-state index < -0.39 is 40.7 Å². The van der Waals surface area contributed by atoms with Crippen LogP contribution in [-0.4, -0.2) is 34.2 Å². The predicted molar refractivity (Wildman–Crippen MR) is 108 cm³/mol. The summed E-state index contributed by atoms with van der Waals surface area (Å²) in [5, 5.41) is 19.4. The lowest BCUT2D eigenvalue weighted by molar-refractivity contribution is -0.137. The van der Waals surface area contributed by atoms with E-state index in [0.29, 0.717) is 6.07 Å². The summed E-state index contributed by atoms with van der Waals surface area (Å²) in [4.78, 5) is 16.8. The molecule has 8 nitrogen and oxygen atoms in total. The molecular weight excluding hydrogens is 463 g/mol. The lowest BCUT2D eigenvalue weighted by Crippen LogP contribution is -2.43. The fourth-order valence-corrected chi connectivity index (χ4v) is 3.62. The summed E-state index contributed by atoms with van der Waals surface area (Å²) in [5.41, 5.74) is -4.07. The van der Waals surface area contributed by atoms with E-state index in [1.165, 1.54) is 24.3 Å². The van der Waals surface area contributed by atoms with E-state index in [4.69, 9.17) is 0 Å². The van der Waals surface area contributed by atoms with Gasteiger partial charge in [-0.3, -0.25) is 4.57 Å². The minimum atomic E-state index is -4.55. The van der Waals surface area contributed by atoms with E-state index in [1.807, 2.05) is 0 Å². The third kappa shape index (κ3) is 4.21. The minimum Gasteiger partial charge on any atom is -0.381 e. The maximum atomic E-state index is 14.7. The van der Waals surface area contributed by atoms with Crippen LogP contribution in [0.4, 0.5) is 22.0 Å². The smallest absolute Gasteiger partial charge is 0.381 e. The Balaban J connectivity index is 1.76. The monoisotopic (exact) mass is 480 g/mol. The summed E-state index contributed by atoms with van der Waals surface area (Å²) in [6, 6.07) is 5.21. The fourth-order valence-electron chi connectivity index (χ4n) is 3.62. The normalized spacial score (nSPS) is 14.7. The van der Waals surface area contributed by atoms with Crippen molar-refractivity contribution in [3.05, 3.63) is 94.7 Å². The molecule has 0 bridgehead atoms. The number of hydrogen-bond donors (Lipinski definition) is 1. The first kappa shape index (κ1) is 23.3. The number of rotatable bonds is 6. The second-order valence-electron chi connectivity index (χ2n) is 7.59. The van der Waals surface area contributed by atoms with Crippen molar-refractivity contribution in [2.45, 2.75) is 31.3 Å². The van der Waals surface area contributed by atoms with Crippen molar-refractivity contribution in [3.63, 3.8) is 0 Å². The SMILES string of the molecule is C[C@@H](n1cnn(-c2ccc(C(F)(F)F)cc2)c1=O)[C@](O)(Cn1cncn1)c1ccc(F)cc1F. The maximum absolute atomic E-state index is 14.7. The zero-order valence-corrected chi connectivity index (χ0v) is 17.5. The first-order valence-corrected chi connectivity index (χ1v) is 9.85. The number of alkyl halides is 3. The van der Waals surface area contributed by atoms with Gasteiger partial charge in [-0.15, -0.1) is 0 Å². The average Bonchev–Trinajstić information content (AvgIpc) is 3.42. The van der Waals surface area contributed by atoms with Crippen LogP contribution >= 0.6 is 0 Å². The molecule has 2 aromatic heterocycles. The molecule has 0 unspecified atom stereocenters. The van der Waals surface area contributed by atoms with Crippen molar-refractivity contribution in [2.24, 2.45) is 0 Å². The Hall–Kier alpha value is -3.87. The van der Waals surface area contributed by atoms with Crippen LogP contribution in [0.2, 0.25) is 0 Å². The molecule has 2 aromatic carbocycles. The van der Waals surface area contributed by atoms with E-state index in [0.717, 1.165) is 52.0 Å². The summed E-state index contributed by atoms with van der Waals surface area (Å²) in [5.74, 6) is -1.90. The first-order valence-electron chi connectivity index (χ1n) is 9.85. The van der Waals surface area contributed by atoms with E-state index in [9.17, 15) is 31.9 Å². The number of nitrogens with zero attached hydrogens (tertiary/aromatic N) is 6. The number of halogens is 5. The molecule has 1 N–H and O–H groups in total. The molecule has 0 saturated carbocycles. The van der Waals surface area contributed by atoms with Crippen LogP contribution in [-0.2, 0) is 18.3 Å². The molecule has 4 aromatic rings. The molecule has 0 aliphatic carbocycles. The molecule has 13 heteroatoms. The zero-order chi connectivity index (χ0) is 24.7. The van der Waals surface area contributed by atoms with Crippen LogP contribution < -0.4 is 5.69 Å². The van der Waals surface area contributed by atoms with Crippen molar-refractivity contribution < 1.29 is 27.1 Å². The molecule has 0 spiro atoms. The van der Waals surface area contributed by atoms with E-state index >= 15 is 0 Å². The zero-order valence-electron chi connectivity index (χ0n) is 17.5. The lowest BCUT2D eigenvalue weighted by Gasteiger charge is -2.34. The van der Waals surface area contributed by atoms with Gasteiger partial charge in [-0.05, 0) is 37.3 Å². The first-order chi connectivity index (χ1) is 16.0. The van der Waals surface area contributed by atoms with Gasteiger partial charge in [0.2, 0.25) is 0 Å². The summed E-state index contributed by atoms with van der Waals surface area (Å²) >= 11 is 0. The molecule has 0 radical (unpaired) electrons. The third-order valence-electron chi connectivity index (χ3n) is 5.51. The highest BCUT2D eigenvalue weighted by atomic mass is 19.4. The van der Waals surface area contributed by atoms with E-state index in [-0.39, 0.29) is 17.8 Å². The molecule has 0 saturated heterocycles. The lowest BCUT2D eigenvalue weighted by atomic mass is 9.86. The van der Waals surface area contributed by atoms with Crippen LogP contribution in [0, 0.1) is 11.6 Å². The van der Waals surface area contributed by atoms with Crippen molar-refractivity contribution in [3.8, 4) is 5.69 Å². The van der Waals surface area contributed by atoms with Crippen molar-refractivity contribution in [2.75, 3.05) is 0 Å². The highest BCUT2D eigenvalue weighted by Crippen LogP contribution is 2.36. The number of aromatic nitrogens is 6.